The fourth-order valence-corrected chi connectivity index (χ4v) is 4.10. The van der Waals surface area contributed by atoms with E-state index in [-0.39, 0.29) is 11.4 Å². The number of methoxy groups -OCH3 is 1. The Hall–Kier alpha value is -1.96. The highest BCUT2D eigenvalue weighted by molar-refractivity contribution is 7.89. The Kier molecular flexibility index (Phi) is 4.58. The highest BCUT2D eigenvalue weighted by Gasteiger charge is 2.35. The summed E-state index contributed by atoms with van der Waals surface area (Å²) in [6, 6.07) is 8.52. The minimum absolute atomic E-state index is 0.0798. The summed E-state index contributed by atoms with van der Waals surface area (Å²) >= 11 is 0. The fourth-order valence-electron chi connectivity index (χ4n) is 3.05. The lowest BCUT2D eigenvalue weighted by atomic mass is 9.79. The quantitative estimate of drug-likeness (QED) is 0.857. The number of aliphatic hydroxyl groups is 1. The number of nitrogens with zero attached hydrogens (tertiary/aromatic N) is 1. The molecule has 1 aliphatic rings. The van der Waals surface area contributed by atoms with Crippen LogP contribution in [0.25, 0.3) is 0 Å². The zero-order chi connectivity index (χ0) is 17.2. The third kappa shape index (κ3) is 3.28. The highest BCUT2D eigenvalue weighted by Crippen LogP contribution is 2.36. The summed E-state index contributed by atoms with van der Waals surface area (Å²) in [5.74, 6) is 0.731. The van der Waals surface area contributed by atoms with Gasteiger partial charge >= 0.3 is 0 Å². The number of hydrogen-bond acceptors (Lipinski definition) is 5. The molecule has 3 rings (SSSR count). The van der Waals surface area contributed by atoms with Crippen LogP contribution in [0.5, 0.6) is 5.75 Å². The largest absolute Gasteiger partial charge is 0.497 e. The van der Waals surface area contributed by atoms with E-state index in [2.05, 4.69) is 9.71 Å². The fraction of sp³-hybridized carbons (Fsp3) is 0.353. The zero-order valence-electron chi connectivity index (χ0n) is 13.4. The molecule has 1 aliphatic carbocycles. The van der Waals surface area contributed by atoms with Crippen molar-refractivity contribution in [1.29, 1.82) is 0 Å². The summed E-state index contributed by atoms with van der Waals surface area (Å²) in [5.41, 5.74) is 0.516. The monoisotopic (exact) mass is 348 g/mol. The van der Waals surface area contributed by atoms with Crippen LogP contribution in [0.2, 0.25) is 0 Å². The molecule has 1 aromatic heterocycles. The van der Waals surface area contributed by atoms with Crippen LogP contribution < -0.4 is 9.46 Å². The Balaban J connectivity index is 1.83. The Morgan fingerprint density at radius 3 is 2.92 bits per heavy atom. The van der Waals surface area contributed by atoms with E-state index in [1.165, 1.54) is 18.5 Å². The Bertz CT molecular complexity index is 824. The number of ether oxygens (including phenoxy) is 1. The molecule has 0 spiro atoms. The van der Waals surface area contributed by atoms with E-state index in [1.807, 2.05) is 12.1 Å². The predicted molar refractivity (Wildman–Crippen MR) is 89.3 cm³/mol. The van der Waals surface area contributed by atoms with Gasteiger partial charge in [0.25, 0.3) is 0 Å². The van der Waals surface area contributed by atoms with Gasteiger partial charge in [-0.25, -0.2) is 13.1 Å². The SMILES string of the molecule is COc1ccc2c(c1)CCCC2(O)CNS(=O)(=O)c1cccnc1. The number of nitrogens with one attached hydrogen (secondary N) is 1. The standard InChI is InChI=1S/C17H20N2O4S/c1-23-14-6-7-16-13(10-14)4-2-8-17(16,20)12-19-24(21,22)15-5-3-9-18-11-15/h3,5-7,9-11,19-20H,2,4,8,12H2,1H3. The third-order valence-electron chi connectivity index (χ3n) is 4.35. The maximum atomic E-state index is 12.3. The number of benzene rings is 1. The summed E-state index contributed by atoms with van der Waals surface area (Å²) in [5, 5.41) is 11.0. The van der Waals surface area contributed by atoms with Crippen molar-refractivity contribution in [3.63, 3.8) is 0 Å². The van der Waals surface area contributed by atoms with Gasteiger partial charge in [0.15, 0.2) is 0 Å². The van der Waals surface area contributed by atoms with E-state index in [4.69, 9.17) is 4.74 Å². The molecule has 24 heavy (non-hydrogen) atoms. The summed E-state index contributed by atoms with van der Waals surface area (Å²) in [6.45, 7) is -0.0798. The molecule has 0 amide bonds. The van der Waals surface area contributed by atoms with Crippen molar-refractivity contribution in [2.45, 2.75) is 29.8 Å². The van der Waals surface area contributed by atoms with E-state index in [0.717, 1.165) is 29.7 Å². The molecule has 0 fully saturated rings. The number of aryl methyl sites for hydroxylation is 1. The lowest BCUT2D eigenvalue weighted by Crippen LogP contribution is -2.42. The number of pyridine rings is 1. The van der Waals surface area contributed by atoms with Gasteiger partial charge in [-0.2, -0.15) is 0 Å². The summed E-state index contributed by atoms with van der Waals surface area (Å²) in [6.07, 6.45) is 4.92. The van der Waals surface area contributed by atoms with Crippen molar-refractivity contribution >= 4 is 10.0 Å². The van der Waals surface area contributed by atoms with Gasteiger partial charge in [-0.15, -0.1) is 0 Å². The molecule has 1 unspecified atom stereocenters. The highest BCUT2D eigenvalue weighted by atomic mass is 32.2. The normalized spacial score (nSPS) is 20.4. The lowest BCUT2D eigenvalue weighted by molar-refractivity contribution is 0.0242. The second-order valence-corrected chi connectivity index (χ2v) is 7.69. The minimum atomic E-state index is -3.71. The molecule has 1 heterocycles. The van der Waals surface area contributed by atoms with Crippen LogP contribution in [0.1, 0.15) is 24.0 Å². The van der Waals surface area contributed by atoms with E-state index in [9.17, 15) is 13.5 Å². The van der Waals surface area contributed by atoms with E-state index in [1.54, 1.807) is 19.2 Å². The smallest absolute Gasteiger partial charge is 0.242 e. The first-order valence-electron chi connectivity index (χ1n) is 7.74. The van der Waals surface area contributed by atoms with Crippen molar-refractivity contribution in [2.75, 3.05) is 13.7 Å². The van der Waals surface area contributed by atoms with Crippen LogP contribution in [-0.2, 0) is 22.0 Å². The lowest BCUT2D eigenvalue weighted by Gasteiger charge is -2.34. The predicted octanol–water partition coefficient (Wildman–Crippen LogP) is 1.59. The second kappa shape index (κ2) is 6.51. The minimum Gasteiger partial charge on any atom is -0.497 e. The molecule has 0 bridgehead atoms. The third-order valence-corrected chi connectivity index (χ3v) is 5.74. The van der Waals surface area contributed by atoms with E-state index < -0.39 is 15.6 Å². The number of hydrogen-bond donors (Lipinski definition) is 2. The molecule has 128 valence electrons. The van der Waals surface area contributed by atoms with Crippen LogP contribution in [0.15, 0.2) is 47.6 Å². The van der Waals surface area contributed by atoms with Gasteiger partial charge in [0.2, 0.25) is 10.0 Å². The Morgan fingerprint density at radius 1 is 1.38 bits per heavy atom. The molecule has 0 aliphatic heterocycles. The van der Waals surface area contributed by atoms with Crippen LogP contribution >= 0.6 is 0 Å². The second-order valence-electron chi connectivity index (χ2n) is 5.92. The average molecular weight is 348 g/mol. The Labute approximate surface area is 141 Å². The topological polar surface area (TPSA) is 88.5 Å². The molecule has 0 saturated carbocycles. The number of rotatable bonds is 5. The van der Waals surface area contributed by atoms with Gasteiger partial charge in [-0.05, 0) is 54.7 Å². The number of aromatic nitrogens is 1. The summed E-state index contributed by atoms with van der Waals surface area (Å²) < 4.78 is 32.4. The molecule has 2 N–H and O–H groups in total. The zero-order valence-corrected chi connectivity index (χ0v) is 14.2. The van der Waals surface area contributed by atoms with Gasteiger partial charge in [0.05, 0.1) is 7.11 Å². The molecule has 6 nitrogen and oxygen atoms in total. The molecular weight excluding hydrogens is 328 g/mol. The van der Waals surface area contributed by atoms with Crippen LogP contribution in [0.3, 0.4) is 0 Å². The molecule has 1 aromatic carbocycles. The van der Waals surface area contributed by atoms with Crippen molar-refractivity contribution in [3.8, 4) is 5.75 Å². The van der Waals surface area contributed by atoms with Gasteiger partial charge in [0, 0.05) is 18.9 Å². The van der Waals surface area contributed by atoms with Crippen molar-refractivity contribution in [1.82, 2.24) is 9.71 Å². The molecule has 2 aromatic rings. The van der Waals surface area contributed by atoms with Gasteiger partial charge < -0.3 is 9.84 Å². The van der Waals surface area contributed by atoms with Crippen LogP contribution in [0, 0.1) is 0 Å². The molecule has 0 saturated heterocycles. The van der Waals surface area contributed by atoms with Gasteiger partial charge in [-0.1, -0.05) is 6.07 Å². The summed E-state index contributed by atoms with van der Waals surface area (Å²) in [4.78, 5) is 3.91. The van der Waals surface area contributed by atoms with Crippen LogP contribution in [0.4, 0.5) is 0 Å². The van der Waals surface area contributed by atoms with Crippen molar-refractivity contribution in [2.24, 2.45) is 0 Å². The van der Waals surface area contributed by atoms with Gasteiger partial charge in [-0.3, -0.25) is 4.98 Å². The molecule has 0 radical (unpaired) electrons. The van der Waals surface area contributed by atoms with E-state index in [0.29, 0.717) is 6.42 Å². The summed E-state index contributed by atoms with van der Waals surface area (Å²) in [7, 11) is -2.11. The number of fused-ring (bicyclic) bond motifs is 1. The van der Waals surface area contributed by atoms with Crippen molar-refractivity contribution < 1.29 is 18.3 Å². The van der Waals surface area contributed by atoms with E-state index >= 15 is 0 Å². The van der Waals surface area contributed by atoms with Crippen LogP contribution in [-0.4, -0.2) is 32.2 Å². The first-order valence-corrected chi connectivity index (χ1v) is 9.22. The maximum Gasteiger partial charge on any atom is 0.242 e. The molecule has 7 heteroatoms. The first-order chi connectivity index (χ1) is 11.4. The first kappa shape index (κ1) is 16.9. The number of sulfonamides is 1. The average Bonchev–Trinajstić information content (AvgIpc) is 2.61. The van der Waals surface area contributed by atoms with Crippen molar-refractivity contribution in [3.05, 3.63) is 53.9 Å². The molecular formula is C17H20N2O4S. The maximum absolute atomic E-state index is 12.3. The van der Waals surface area contributed by atoms with Gasteiger partial charge in [0.1, 0.15) is 16.2 Å². The Morgan fingerprint density at radius 2 is 2.21 bits per heavy atom. The molecule has 1 atom stereocenters.